The molecule has 1 saturated heterocycles. The van der Waals surface area contributed by atoms with E-state index < -0.39 is 39.0 Å². The second-order valence-corrected chi connectivity index (χ2v) is 18.5. The standard InChI is InChI=1S/C50H83O8P/c1-38(2)19-11-20-39(3)21-12-22-40(4)23-13-24-41(5)25-14-26-42(6)27-15-28-43(7)29-16-30-44(8)31-17-32-45(9)33-18-34-46(10)35-36-56-59(54,55)58-50-49(53)48(52)47(37-51)57-50/h19,21,23,25,27,29,31,33,35,47-53H,11-18,20,22,24,26,28,30,32,34,36-37H2,1-10H3,(H,54,55)/b39-21+,40-23+,41-25+,42-27+,43-29+,44-31+,45-33+,46-35+/t47-,48-,49+,50?/m1/s1. The van der Waals surface area contributed by atoms with Crippen LogP contribution in [0, 0.1) is 0 Å². The first-order valence-electron chi connectivity index (χ1n) is 22.1. The molecule has 59 heavy (non-hydrogen) atoms. The predicted molar refractivity (Wildman–Crippen MR) is 248 cm³/mol. The number of allylic oxidation sites excluding steroid dienone is 17. The van der Waals surface area contributed by atoms with Gasteiger partial charge < -0.3 is 24.9 Å². The lowest BCUT2D eigenvalue weighted by atomic mass is 10.0. The average molecular weight is 843 g/mol. The van der Waals surface area contributed by atoms with Gasteiger partial charge in [0.15, 0.2) is 6.29 Å². The fourth-order valence-electron chi connectivity index (χ4n) is 6.62. The first-order chi connectivity index (χ1) is 27.9. The van der Waals surface area contributed by atoms with Crippen LogP contribution in [-0.4, -0.2) is 58.0 Å². The highest BCUT2D eigenvalue weighted by atomic mass is 31.2. The van der Waals surface area contributed by atoms with Crippen LogP contribution in [0.2, 0.25) is 0 Å². The fraction of sp³-hybridized carbons (Fsp3) is 0.640. The van der Waals surface area contributed by atoms with Gasteiger partial charge in [-0.15, -0.1) is 0 Å². The average Bonchev–Trinajstić information content (AvgIpc) is 3.41. The van der Waals surface area contributed by atoms with Crippen LogP contribution in [-0.2, 0) is 18.3 Å². The van der Waals surface area contributed by atoms with Crippen LogP contribution >= 0.6 is 7.82 Å². The van der Waals surface area contributed by atoms with Crippen molar-refractivity contribution in [3.63, 3.8) is 0 Å². The smallest absolute Gasteiger partial charge is 0.394 e. The quantitative estimate of drug-likeness (QED) is 0.0416. The van der Waals surface area contributed by atoms with Crippen LogP contribution in [0.15, 0.2) is 105 Å². The molecule has 0 aromatic heterocycles. The van der Waals surface area contributed by atoms with Crippen molar-refractivity contribution in [2.45, 2.75) is 197 Å². The van der Waals surface area contributed by atoms with Crippen molar-refractivity contribution in [3.05, 3.63) is 105 Å². The van der Waals surface area contributed by atoms with E-state index in [9.17, 15) is 19.7 Å². The van der Waals surface area contributed by atoms with Gasteiger partial charge in [0.2, 0.25) is 0 Å². The Morgan fingerprint density at radius 2 is 0.780 bits per heavy atom. The van der Waals surface area contributed by atoms with Crippen molar-refractivity contribution in [2.75, 3.05) is 13.2 Å². The molecular formula is C50H83O8P. The maximum Gasteiger partial charge on any atom is 0.474 e. The molecule has 0 aromatic carbocycles. The topological polar surface area (TPSA) is 126 Å². The molecule has 1 fully saturated rings. The first-order valence-corrected chi connectivity index (χ1v) is 23.6. The van der Waals surface area contributed by atoms with Crippen molar-refractivity contribution >= 4 is 7.82 Å². The second-order valence-electron chi connectivity index (χ2n) is 17.1. The van der Waals surface area contributed by atoms with E-state index in [1.807, 2.05) is 6.92 Å². The molecule has 9 heteroatoms. The maximum atomic E-state index is 12.2. The molecule has 0 bridgehead atoms. The van der Waals surface area contributed by atoms with Gasteiger partial charge in [-0.3, -0.25) is 9.05 Å². The molecule has 0 aliphatic carbocycles. The molecule has 1 aliphatic rings. The van der Waals surface area contributed by atoms with E-state index in [-0.39, 0.29) is 6.61 Å². The maximum absolute atomic E-state index is 12.2. The number of phosphoric ester groups is 1. The second kappa shape index (κ2) is 31.5. The van der Waals surface area contributed by atoms with Crippen LogP contribution in [0.3, 0.4) is 0 Å². The van der Waals surface area contributed by atoms with E-state index in [2.05, 4.69) is 111 Å². The zero-order chi connectivity index (χ0) is 44.2. The summed E-state index contributed by atoms with van der Waals surface area (Å²) in [4.78, 5) is 9.96. The molecule has 1 rings (SSSR count). The number of aliphatic hydroxyl groups excluding tert-OH is 3. The van der Waals surface area contributed by atoms with E-state index in [1.54, 1.807) is 6.08 Å². The Kier molecular flexibility index (Phi) is 29.1. The molecule has 0 radical (unpaired) electrons. The molecule has 0 aromatic rings. The van der Waals surface area contributed by atoms with Gasteiger partial charge >= 0.3 is 7.82 Å². The minimum atomic E-state index is -4.55. The number of rotatable bonds is 30. The highest BCUT2D eigenvalue weighted by Crippen LogP contribution is 2.46. The molecule has 5 atom stereocenters. The lowest BCUT2D eigenvalue weighted by Crippen LogP contribution is -2.34. The SMILES string of the molecule is CC(C)=CCC/C(C)=C/CC/C(C)=C/CC/C(C)=C/CC/C(C)=C/CC/C(C)=C/CC/C(C)=C/CC/C(C)=C/CC/C(C)=C/COP(=O)(O)OC1O[C@H](CO)[C@@H](O)[C@@H]1O. The third-order valence-electron chi connectivity index (χ3n) is 10.7. The molecule has 0 spiro atoms. The summed E-state index contributed by atoms with van der Waals surface area (Å²) in [6.45, 7) is 21.3. The van der Waals surface area contributed by atoms with E-state index >= 15 is 0 Å². The largest absolute Gasteiger partial charge is 0.474 e. The summed E-state index contributed by atoms with van der Waals surface area (Å²) in [6.07, 6.45) is 32.3. The molecule has 2 unspecified atom stereocenters. The zero-order valence-electron chi connectivity index (χ0n) is 38.6. The number of aliphatic hydroxyl groups is 3. The van der Waals surface area contributed by atoms with Gasteiger partial charge in [0.1, 0.15) is 18.3 Å². The van der Waals surface area contributed by atoms with E-state index in [1.165, 1.54) is 51.0 Å². The monoisotopic (exact) mass is 843 g/mol. The number of phosphoric acid groups is 1. The minimum Gasteiger partial charge on any atom is -0.394 e. The van der Waals surface area contributed by atoms with Crippen LogP contribution in [0.25, 0.3) is 0 Å². The number of hydrogen-bond acceptors (Lipinski definition) is 7. The van der Waals surface area contributed by atoms with Crippen LogP contribution < -0.4 is 0 Å². The summed E-state index contributed by atoms with van der Waals surface area (Å²) in [6, 6.07) is 0. The molecule has 0 saturated carbocycles. The van der Waals surface area contributed by atoms with Crippen LogP contribution in [0.1, 0.15) is 172 Å². The fourth-order valence-corrected chi connectivity index (χ4v) is 7.38. The third kappa shape index (κ3) is 28.0. The zero-order valence-corrected chi connectivity index (χ0v) is 39.5. The number of ether oxygens (including phenoxy) is 1. The summed E-state index contributed by atoms with van der Waals surface area (Å²) >= 11 is 0. The summed E-state index contributed by atoms with van der Waals surface area (Å²) in [7, 11) is -4.55. The third-order valence-corrected chi connectivity index (χ3v) is 11.7. The van der Waals surface area contributed by atoms with Gasteiger partial charge in [-0.1, -0.05) is 105 Å². The van der Waals surface area contributed by atoms with E-state index in [4.69, 9.17) is 18.9 Å². The Hall–Kier alpha value is -2.39. The number of hydrogen-bond donors (Lipinski definition) is 4. The van der Waals surface area contributed by atoms with Crippen molar-refractivity contribution in [2.24, 2.45) is 0 Å². The van der Waals surface area contributed by atoms with Crippen molar-refractivity contribution in [1.82, 2.24) is 0 Å². The van der Waals surface area contributed by atoms with Crippen LogP contribution in [0.5, 0.6) is 0 Å². The van der Waals surface area contributed by atoms with Gasteiger partial charge in [0.05, 0.1) is 13.2 Å². The Bertz CT molecular complexity index is 1550. The van der Waals surface area contributed by atoms with Gasteiger partial charge in [-0.25, -0.2) is 4.57 Å². The predicted octanol–water partition coefficient (Wildman–Crippen LogP) is 13.3. The summed E-state index contributed by atoms with van der Waals surface area (Å²) in [5, 5.41) is 28.8. The lowest BCUT2D eigenvalue weighted by molar-refractivity contribution is -0.127. The Morgan fingerprint density at radius 3 is 1.05 bits per heavy atom. The first kappa shape index (κ1) is 54.6. The molecule has 1 aliphatic heterocycles. The molecule has 0 amide bonds. The van der Waals surface area contributed by atoms with E-state index in [0.717, 1.165) is 102 Å². The molecular weight excluding hydrogens is 760 g/mol. The van der Waals surface area contributed by atoms with Crippen molar-refractivity contribution in [3.8, 4) is 0 Å². The lowest BCUT2D eigenvalue weighted by Gasteiger charge is -2.18. The van der Waals surface area contributed by atoms with Crippen molar-refractivity contribution in [1.29, 1.82) is 0 Å². The summed E-state index contributed by atoms with van der Waals surface area (Å²) in [5.74, 6) is 0. The highest BCUT2D eigenvalue weighted by molar-refractivity contribution is 7.47. The Labute approximate surface area is 359 Å². The highest BCUT2D eigenvalue weighted by Gasteiger charge is 2.46. The summed E-state index contributed by atoms with van der Waals surface area (Å²) in [5.41, 5.74) is 12.7. The molecule has 336 valence electrons. The Morgan fingerprint density at radius 1 is 0.492 bits per heavy atom. The van der Waals surface area contributed by atoms with Gasteiger partial charge in [0.25, 0.3) is 0 Å². The minimum absolute atomic E-state index is 0.153. The summed E-state index contributed by atoms with van der Waals surface area (Å²) < 4.78 is 27.1. The van der Waals surface area contributed by atoms with Gasteiger partial charge in [0, 0.05) is 0 Å². The molecule has 1 heterocycles. The van der Waals surface area contributed by atoms with E-state index in [0.29, 0.717) is 0 Å². The Balaban J connectivity index is 2.25. The molecule has 4 N–H and O–H groups in total. The normalized spacial score (nSPS) is 21.7. The van der Waals surface area contributed by atoms with Gasteiger partial charge in [-0.05, 0) is 172 Å². The van der Waals surface area contributed by atoms with Crippen LogP contribution in [0.4, 0.5) is 0 Å². The van der Waals surface area contributed by atoms with Crippen molar-refractivity contribution < 1.29 is 38.6 Å². The molecule has 8 nitrogen and oxygen atoms in total. The van der Waals surface area contributed by atoms with Gasteiger partial charge in [-0.2, -0.15) is 0 Å².